The Morgan fingerprint density at radius 1 is 1.36 bits per heavy atom. The zero-order valence-corrected chi connectivity index (χ0v) is 16.5. The third-order valence-electron chi connectivity index (χ3n) is 5.24. The fraction of sp³-hybridized carbons (Fsp3) is 0.429. The molecule has 1 aliphatic heterocycles. The highest BCUT2D eigenvalue weighted by Crippen LogP contribution is 2.30. The Labute approximate surface area is 164 Å². The molecule has 28 heavy (non-hydrogen) atoms. The first kappa shape index (κ1) is 18.6. The molecule has 3 N–H and O–H groups in total. The van der Waals surface area contributed by atoms with E-state index in [1.807, 2.05) is 6.08 Å². The number of H-pyrrole nitrogens is 1. The van der Waals surface area contributed by atoms with E-state index in [2.05, 4.69) is 51.6 Å². The summed E-state index contributed by atoms with van der Waals surface area (Å²) >= 11 is 0. The monoisotopic (exact) mass is 378 g/mol. The molecule has 2 aliphatic rings. The molecule has 4 rings (SSSR count). The number of carbonyl (C=O) groups excluding carboxylic acids is 1. The van der Waals surface area contributed by atoms with E-state index in [4.69, 9.17) is 0 Å². The van der Waals surface area contributed by atoms with Gasteiger partial charge in [-0.05, 0) is 61.9 Å². The van der Waals surface area contributed by atoms with Crippen molar-refractivity contribution in [1.82, 2.24) is 25.7 Å². The highest BCUT2D eigenvalue weighted by molar-refractivity contribution is 6.32. The fourth-order valence-electron chi connectivity index (χ4n) is 3.73. The fourth-order valence-corrected chi connectivity index (χ4v) is 3.73. The summed E-state index contributed by atoms with van der Waals surface area (Å²) in [6.07, 6.45) is 8.58. The second-order valence-corrected chi connectivity index (χ2v) is 7.74. The van der Waals surface area contributed by atoms with Crippen LogP contribution < -0.4 is 10.7 Å². The van der Waals surface area contributed by atoms with Crippen LogP contribution in [0.3, 0.4) is 0 Å². The van der Waals surface area contributed by atoms with Gasteiger partial charge >= 0.3 is 0 Å². The van der Waals surface area contributed by atoms with Gasteiger partial charge in [-0.3, -0.25) is 4.79 Å². The van der Waals surface area contributed by atoms with Crippen molar-refractivity contribution in [2.45, 2.75) is 52.0 Å². The van der Waals surface area contributed by atoms with Crippen molar-refractivity contribution in [3.63, 3.8) is 0 Å². The molecule has 0 aromatic carbocycles. The Kier molecular flexibility index (Phi) is 5.09. The van der Waals surface area contributed by atoms with Gasteiger partial charge in [0.05, 0.1) is 11.3 Å². The van der Waals surface area contributed by atoms with E-state index >= 15 is 0 Å². The van der Waals surface area contributed by atoms with Crippen LogP contribution in [0, 0.1) is 6.92 Å². The summed E-state index contributed by atoms with van der Waals surface area (Å²) in [5.74, 6) is 0.129. The SMILES string of the molecule is Cc1[nH]c(C=C2C(=O)NN=C2c2ccncn2)c(C(C)C)c1CCNC1CC1. The van der Waals surface area contributed by atoms with Crippen LogP contribution in [0.1, 0.15) is 60.8 Å². The summed E-state index contributed by atoms with van der Waals surface area (Å²) < 4.78 is 0. The Morgan fingerprint density at radius 2 is 2.18 bits per heavy atom. The number of aromatic nitrogens is 3. The number of aromatic amines is 1. The standard InChI is InChI=1S/C21H26N6O/c1-12(2)19-15(6-9-23-14-4-5-14)13(3)25-18(19)10-16-20(26-27-21(16)28)17-7-8-22-11-24-17/h7-8,10-12,14,23,25H,4-6,9H2,1-3H3,(H,27,28). The van der Waals surface area contributed by atoms with E-state index in [0.717, 1.165) is 24.4 Å². The van der Waals surface area contributed by atoms with Crippen molar-refractivity contribution in [3.8, 4) is 0 Å². The van der Waals surface area contributed by atoms with Crippen molar-refractivity contribution in [2.75, 3.05) is 6.54 Å². The summed E-state index contributed by atoms with van der Waals surface area (Å²) in [7, 11) is 0. The first-order valence-corrected chi connectivity index (χ1v) is 9.85. The first-order chi connectivity index (χ1) is 13.5. The summed E-state index contributed by atoms with van der Waals surface area (Å²) in [6.45, 7) is 7.47. The quantitative estimate of drug-likeness (QED) is 0.645. The molecule has 1 aliphatic carbocycles. The second-order valence-electron chi connectivity index (χ2n) is 7.74. The molecule has 0 spiro atoms. The molecule has 1 saturated carbocycles. The predicted molar refractivity (Wildman–Crippen MR) is 109 cm³/mol. The molecule has 146 valence electrons. The van der Waals surface area contributed by atoms with Gasteiger partial charge in [0.15, 0.2) is 0 Å². The van der Waals surface area contributed by atoms with Gasteiger partial charge < -0.3 is 10.3 Å². The minimum Gasteiger partial charge on any atom is -0.359 e. The molecule has 1 fully saturated rings. The van der Waals surface area contributed by atoms with Gasteiger partial charge in [-0.1, -0.05) is 13.8 Å². The number of nitrogens with zero attached hydrogens (tertiary/aromatic N) is 3. The number of hydrogen-bond donors (Lipinski definition) is 3. The minimum atomic E-state index is -0.215. The Morgan fingerprint density at radius 3 is 2.86 bits per heavy atom. The molecule has 2 aromatic rings. The third-order valence-corrected chi connectivity index (χ3v) is 5.24. The van der Waals surface area contributed by atoms with E-state index in [9.17, 15) is 4.79 Å². The normalized spacial score (nSPS) is 18.1. The molecule has 1 amide bonds. The summed E-state index contributed by atoms with van der Waals surface area (Å²) in [6, 6.07) is 2.46. The maximum atomic E-state index is 12.4. The highest BCUT2D eigenvalue weighted by atomic mass is 16.2. The average molecular weight is 378 g/mol. The van der Waals surface area contributed by atoms with Gasteiger partial charge in [0.2, 0.25) is 0 Å². The van der Waals surface area contributed by atoms with Crippen molar-refractivity contribution in [3.05, 3.63) is 52.4 Å². The Hall–Kier alpha value is -2.80. The number of aryl methyl sites for hydroxylation is 1. The molecular formula is C21H26N6O. The van der Waals surface area contributed by atoms with E-state index < -0.39 is 0 Å². The largest absolute Gasteiger partial charge is 0.359 e. The highest BCUT2D eigenvalue weighted by Gasteiger charge is 2.27. The van der Waals surface area contributed by atoms with Crippen LogP contribution in [-0.2, 0) is 11.2 Å². The third kappa shape index (κ3) is 3.75. The van der Waals surface area contributed by atoms with E-state index in [0.29, 0.717) is 28.9 Å². The van der Waals surface area contributed by atoms with E-state index in [1.54, 1.807) is 12.3 Å². The van der Waals surface area contributed by atoms with Gasteiger partial charge in [0.25, 0.3) is 5.91 Å². The minimum absolute atomic E-state index is 0.215. The molecule has 2 aromatic heterocycles. The van der Waals surface area contributed by atoms with Crippen molar-refractivity contribution in [1.29, 1.82) is 0 Å². The van der Waals surface area contributed by atoms with Crippen LogP contribution in [0.4, 0.5) is 0 Å². The van der Waals surface area contributed by atoms with Crippen molar-refractivity contribution < 1.29 is 4.79 Å². The molecule has 3 heterocycles. The summed E-state index contributed by atoms with van der Waals surface area (Å²) in [4.78, 5) is 24.1. The number of rotatable bonds is 7. The summed E-state index contributed by atoms with van der Waals surface area (Å²) in [5, 5.41) is 7.77. The van der Waals surface area contributed by atoms with Crippen molar-refractivity contribution in [2.24, 2.45) is 5.10 Å². The molecule has 7 nitrogen and oxygen atoms in total. The Bertz CT molecular complexity index is 937. The number of hydrazone groups is 1. The first-order valence-electron chi connectivity index (χ1n) is 9.85. The molecule has 0 atom stereocenters. The van der Waals surface area contributed by atoms with Gasteiger partial charge in [-0.2, -0.15) is 5.10 Å². The molecule has 0 radical (unpaired) electrons. The number of nitrogens with one attached hydrogen (secondary N) is 3. The van der Waals surface area contributed by atoms with Crippen LogP contribution in [0.5, 0.6) is 0 Å². The molecular weight excluding hydrogens is 352 g/mol. The van der Waals surface area contributed by atoms with Crippen LogP contribution in [0.2, 0.25) is 0 Å². The van der Waals surface area contributed by atoms with Gasteiger partial charge in [-0.25, -0.2) is 15.4 Å². The van der Waals surface area contributed by atoms with Crippen LogP contribution in [-0.4, -0.2) is 39.2 Å². The van der Waals surface area contributed by atoms with Gasteiger partial charge in [0, 0.05) is 23.6 Å². The lowest BCUT2D eigenvalue weighted by Gasteiger charge is -2.11. The number of amides is 1. The van der Waals surface area contributed by atoms with Crippen LogP contribution >= 0.6 is 0 Å². The lowest BCUT2D eigenvalue weighted by atomic mass is 9.94. The predicted octanol–water partition coefficient (Wildman–Crippen LogP) is 2.45. The van der Waals surface area contributed by atoms with Crippen LogP contribution in [0.15, 0.2) is 29.3 Å². The summed E-state index contributed by atoms with van der Waals surface area (Å²) in [5.41, 5.74) is 9.00. The lowest BCUT2D eigenvalue weighted by Crippen LogP contribution is -2.19. The zero-order valence-electron chi connectivity index (χ0n) is 16.5. The molecule has 7 heteroatoms. The number of carbonyl (C=O) groups is 1. The topological polar surface area (TPSA) is 95.1 Å². The second kappa shape index (κ2) is 7.67. The molecule has 0 bridgehead atoms. The zero-order chi connectivity index (χ0) is 19.7. The Balaban J connectivity index is 1.67. The average Bonchev–Trinajstić information content (AvgIpc) is 3.36. The maximum Gasteiger partial charge on any atom is 0.273 e. The smallest absolute Gasteiger partial charge is 0.273 e. The lowest BCUT2D eigenvalue weighted by molar-refractivity contribution is -0.116. The van der Waals surface area contributed by atoms with E-state index in [1.165, 1.54) is 30.3 Å². The van der Waals surface area contributed by atoms with Crippen molar-refractivity contribution >= 4 is 17.7 Å². The van der Waals surface area contributed by atoms with E-state index in [-0.39, 0.29) is 5.91 Å². The molecule has 0 saturated heterocycles. The number of hydrogen-bond acceptors (Lipinski definition) is 5. The van der Waals surface area contributed by atoms with Gasteiger partial charge in [-0.15, -0.1) is 0 Å². The molecule has 0 unspecified atom stereocenters. The maximum absolute atomic E-state index is 12.4. The van der Waals surface area contributed by atoms with Gasteiger partial charge in [0.1, 0.15) is 12.0 Å². The van der Waals surface area contributed by atoms with Crippen LogP contribution in [0.25, 0.3) is 6.08 Å².